The number of rotatable bonds is 2. The molecule has 3 aliphatic rings. The standard InChI is InChI=1S/C13H10FN.C13H20O2.3H2/c1-2-13-8-5-11(9-15-13)10-3-6-12(14)7-4-10;1-8-11-6-9-4-2-3-5-10(9)7-12(11)15-13(8)14;;;/h2-9H,1H2;8-12H,2-7H2,1H3;3*1H/t;8-,9?,10-,11?,12?;;;/m.0.../s1. The third kappa shape index (κ3) is 4.48. The first-order valence-corrected chi connectivity index (χ1v) is 11.1. The highest BCUT2D eigenvalue weighted by molar-refractivity contribution is 5.74. The molecule has 2 saturated carbocycles. The summed E-state index contributed by atoms with van der Waals surface area (Å²) in [5.74, 6) is 2.29. The minimum Gasteiger partial charge on any atom is -0.462 e. The van der Waals surface area contributed by atoms with Crippen molar-refractivity contribution in [2.75, 3.05) is 0 Å². The highest BCUT2D eigenvalue weighted by Crippen LogP contribution is 2.48. The normalized spacial score (nSPS) is 29.7. The first-order valence-electron chi connectivity index (χ1n) is 11.1. The molecule has 5 rings (SSSR count). The fourth-order valence-electron chi connectivity index (χ4n) is 5.31. The lowest BCUT2D eigenvalue weighted by Crippen LogP contribution is -2.36. The van der Waals surface area contributed by atoms with E-state index in [1.54, 1.807) is 24.4 Å². The number of halogens is 1. The molecule has 30 heavy (non-hydrogen) atoms. The Morgan fingerprint density at radius 3 is 2.37 bits per heavy atom. The van der Waals surface area contributed by atoms with Gasteiger partial charge in [-0.25, -0.2) is 4.39 Å². The molecule has 0 bridgehead atoms. The van der Waals surface area contributed by atoms with E-state index in [-0.39, 0.29) is 28.1 Å². The number of pyridine rings is 1. The summed E-state index contributed by atoms with van der Waals surface area (Å²) >= 11 is 0. The van der Waals surface area contributed by atoms with Gasteiger partial charge in [0.2, 0.25) is 0 Å². The van der Waals surface area contributed by atoms with Gasteiger partial charge in [-0.2, -0.15) is 0 Å². The largest absolute Gasteiger partial charge is 0.462 e. The zero-order valence-corrected chi connectivity index (χ0v) is 17.6. The Morgan fingerprint density at radius 2 is 1.73 bits per heavy atom. The Bertz CT molecular complexity index is 891. The lowest BCUT2D eigenvalue weighted by atomic mass is 9.65. The van der Waals surface area contributed by atoms with Gasteiger partial charge in [-0.3, -0.25) is 9.78 Å². The van der Waals surface area contributed by atoms with Crippen LogP contribution in [-0.2, 0) is 9.53 Å². The van der Waals surface area contributed by atoms with E-state index in [9.17, 15) is 9.18 Å². The van der Waals surface area contributed by atoms with Crippen molar-refractivity contribution in [3.8, 4) is 11.1 Å². The summed E-state index contributed by atoms with van der Waals surface area (Å²) in [5.41, 5.74) is 2.76. The maximum atomic E-state index is 12.7. The van der Waals surface area contributed by atoms with Gasteiger partial charge in [0, 0.05) is 22.0 Å². The second-order valence-electron chi connectivity index (χ2n) is 8.89. The molecule has 1 aromatic heterocycles. The maximum Gasteiger partial charge on any atom is 0.309 e. The fraction of sp³-hybridized carbons (Fsp3) is 0.462. The summed E-state index contributed by atoms with van der Waals surface area (Å²) in [5, 5.41) is 0. The Morgan fingerprint density at radius 1 is 1.07 bits per heavy atom. The third-order valence-electron chi connectivity index (χ3n) is 7.11. The third-order valence-corrected chi connectivity index (χ3v) is 7.11. The molecule has 0 radical (unpaired) electrons. The highest BCUT2D eigenvalue weighted by atomic mass is 19.1. The van der Waals surface area contributed by atoms with E-state index < -0.39 is 0 Å². The molecule has 0 amide bonds. The molecule has 4 heteroatoms. The van der Waals surface area contributed by atoms with Gasteiger partial charge >= 0.3 is 5.97 Å². The lowest BCUT2D eigenvalue weighted by molar-refractivity contribution is -0.144. The number of nitrogens with zero attached hydrogens (tertiary/aromatic N) is 1. The molecule has 1 saturated heterocycles. The average Bonchev–Trinajstić information content (AvgIpc) is 3.06. The van der Waals surface area contributed by atoms with Crippen molar-refractivity contribution in [3.05, 3.63) is 60.7 Å². The summed E-state index contributed by atoms with van der Waals surface area (Å²) < 4.78 is 18.2. The summed E-state index contributed by atoms with van der Waals surface area (Å²) in [6.07, 6.45) is 11.7. The lowest BCUT2D eigenvalue weighted by Gasteiger charge is -2.40. The van der Waals surface area contributed by atoms with E-state index in [4.69, 9.17) is 4.74 Å². The number of hydrogen-bond acceptors (Lipinski definition) is 3. The number of ether oxygens (including phenoxy) is 1. The zero-order chi connectivity index (χ0) is 21.1. The van der Waals surface area contributed by atoms with Crippen LogP contribution in [0.4, 0.5) is 4.39 Å². The molecule has 1 aliphatic heterocycles. The molecule has 3 fully saturated rings. The number of benzene rings is 1. The van der Waals surface area contributed by atoms with Crippen molar-refractivity contribution in [1.82, 2.24) is 4.98 Å². The van der Waals surface area contributed by atoms with Gasteiger partial charge in [0.1, 0.15) is 11.9 Å². The molecule has 3 nitrogen and oxygen atoms in total. The number of fused-ring (bicyclic) bond motifs is 2. The molecular weight excluding hydrogens is 377 g/mol. The van der Waals surface area contributed by atoms with Crippen LogP contribution in [0, 0.1) is 29.5 Å². The maximum absolute atomic E-state index is 12.7. The minimum absolute atomic E-state index is 0. The molecule has 0 N–H and O–H groups in total. The summed E-state index contributed by atoms with van der Waals surface area (Å²) in [6.45, 7) is 5.68. The van der Waals surface area contributed by atoms with Crippen LogP contribution in [0.15, 0.2) is 49.2 Å². The van der Waals surface area contributed by atoms with Crippen molar-refractivity contribution >= 4 is 12.0 Å². The monoisotopic (exact) mass is 413 g/mol. The predicted molar refractivity (Wildman–Crippen MR) is 123 cm³/mol. The van der Waals surface area contributed by atoms with Crippen LogP contribution in [-0.4, -0.2) is 17.1 Å². The number of carbonyl (C=O) groups is 1. The summed E-state index contributed by atoms with van der Waals surface area (Å²) in [4.78, 5) is 15.7. The molecule has 0 spiro atoms. The zero-order valence-electron chi connectivity index (χ0n) is 17.6. The van der Waals surface area contributed by atoms with E-state index >= 15 is 0 Å². The van der Waals surface area contributed by atoms with Crippen molar-refractivity contribution in [2.45, 2.75) is 51.6 Å². The highest BCUT2D eigenvalue weighted by Gasteiger charge is 2.48. The van der Waals surface area contributed by atoms with Crippen molar-refractivity contribution in [1.29, 1.82) is 0 Å². The Labute approximate surface area is 182 Å². The molecular formula is C26H36FNO2. The first kappa shape index (κ1) is 20.8. The van der Waals surface area contributed by atoms with Gasteiger partial charge in [-0.1, -0.05) is 57.4 Å². The Kier molecular flexibility index (Phi) is 6.31. The molecule has 3 unspecified atom stereocenters. The van der Waals surface area contributed by atoms with Gasteiger partial charge < -0.3 is 4.74 Å². The van der Waals surface area contributed by atoms with Crippen molar-refractivity contribution < 1.29 is 18.2 Å². The van der Waals surface area contributed by atoms with E-state index in [0.717, 1.165) is 35.1 Å². The SMILES string of the molecule is C=Cc1ccc(-c2ccc(F)cc2)cn1.C[C@@H]1C(=O)OC2C[C@@H]3CCCCC3CC21.[HH].[HH].[HH]. The molecule has 2 aliphatic carbocycles. The van der Waals surface area contributed by atoms with Crippen LogP contribution in [0.1, 0.15) is 55.4 Å². The van der Waals surface area contributed by atoms with E-state index in [1.807, 2.05) is 12.1 Å². The Balaban J connectivity index is 0.000000302. The minimum atomic E-state index is -0.227. The predicted octanol–water partition coefficient (Wildman–Crippen LogP) is 7.03. The van der Waals surface area contributed by atoms with E-state index in [2.05, 4.69) is 18.5 Å². The van der Waals surface area contributed by atoms with Crippen LogP contribution in [0.2, 0.25) is 0 Å². The quantitative estimate of drug-likeness (QED) is 0.496. The van der Waals surface area contributed by atoms with Crippen LogP contribution in [0.5, 0.6) is 0 Å². The van der Waals surface area contributed by atoms with Gasteiger partial charge in [-0.15, -0.1) is 0 Å². The topological polar surface area (TPSA) is 39.2 Å². The summed E-state index contributed by atoms with van der Waals surface area (Å²) in [7, 11) is 0. The van der Waals surface area contributed by atoms with Gasteiger partial charge in [0.15, 0.2) is 0 Å². The number of aromatic nitrogens is 1. The fourth-order valence-corrected chi connectivity index (χ4v) is 5.31. The van der Waals surface area contributed by atoms with Gasteiger partial charge in [0.25, 0.3) is 0 Å². The molecule has 164 valence electrons. The molecule has 2 heterocycles. The second kappa shape index (κ2) is 9.11. The summed E-state index contributed by atoms with van der Waals surface area (Å²) in [6, 6.07) is 10.2. The number of esters is 1. The van der Waals surface area contributed by atoms with Crippen LogP contribution in [0.3, 0.4) is 0 Å². The van der Waals surface area contributed by atoms with Gasteiger partial charge in [0.05, 0.1) is 11.6 Å². The molecule has 1 aromatic carbocycles. The van der Waals surface area contributed by atoms with Gasteiger partial charge in [-0.05, 0) is 54.5 Å². The average molecular weight is 414 g/mol. The van der Waals surface area contributed by atoms with Crippen LogP contribution < -0.4 is 0 Å². The first-order chi connectivity index (χ1) is 14.5. The Hall–Kier alpha value is -2.49. The van der Waals surface area contributed by atoms with Crippen LogP contribution in [0.25, 0.3) is 17.2 Å². The van der Waals surface area contributed by atoms with Crippen LogP contribution >= 0.6 is 0 Å². The van der Waals surface area contributed by atoms with Crippen molar-refractivity contribution in [3.63, 3.8) is 0 Å². The smallest absolute Gasteiger partial charge is 0.309 e. The number of hydrogen-bond donors (Lipinski definition) is 0. The van der Waals surface area contributed by atoms with Crippen molar-refractivity contribution in [2.24, 2.45) is 23.7 Å². The second-order valence-corrected chi connectivity index (χ2v) is 8.89. The number of carbonyl (C=O) groups excluding carboxylic acids is 1. The van der Waals surface area contributed by atoms with E-state index in [0.29, 0.717) is 5.92 Å². The van der Waals surface area contributed by atoms with E-state index in [1.165, 1.54) is 44.2 Å². The molecule has 5 atom stereocenters. The molecule has 2 aromatic rings.